The number of anilines is 2. The molecule has 21 heavy (non-hydrogen) atoms. The van der Waals surface area contributed by atoms with Crippen LogP contribution in [0.4, 0.5) is 11.4 Å². The minimum Gasteiger partial charge on any atom is -0.360 e. The zero-order chi connectivity index (χ0) is 15.1. The van der Waals surface area contributed by atoms with E-state index in [1.165, 1.54) is 0 Å². The molecule has 0 saturated carbocycles. The first-order valence-electron chi connectivity index (χ1n) is 6.63. The largest absolute Gasteiger partial charge is 0.360 e. The second-order valence-electron chi connectivity index (χ2n) is 5.13. The second-order valence-corrected chi connectivity index (χ2v) is 5.13. The smallest absolute Gasteiger partial charge is 0.274 e. The molecular formula is C14H17N5O2. The van der Waals surface area contributed by atoms with Gasteiger partial charge in [0.1, 0.15) is 6.17 Å². The lowest BCUT2D eigenvalue weighted by Crippen LogP contribution is -2.18. The monoisotopic (exact) mass is 287 g/mol. The molecule has 2 heterocycles. The normalized spacial score (nSPS) is 16.1. The number of amides is 1. The fourth-order valence-corrected chi connectivity index (χ4v) is 2.69. The summed E-state index contributed by atoms with van der Waals surface area (Å²) in [6, 6.07) is 5.17. The van der Waals surface area contributed by atoms with Gasteiger partial charge in [0, 0.05) is 23.9 Å². The first-order chi connectivity index (χ1) is 10.0. The molecule has 4 N–H and O–H groups in total. The van der Waals surface area contributed by atoms with E-state index in [9.17, 15) is 4.79 Å². The van der Waals surface area contributed by atoms with Gasteiger partial charge in [0.15, 0.2) is 0 Å². The highest BCUT2D eigenvalue weighted by molar-refractivity contribution is 5.96. The summed E-state index contributed by atoms with van der Waals surface area (Å²) < 4.78 is 1.85. The molecule has 1 aromatic carbocycles. The zero-order valence-electron chi connectivity index (χ0n) is 12.1. The number of aryl methyl sites for hydroxylation is 2. The maximum absolute atomic E-state index is 11.5. The molecule has 0 spiro atoms. The van der Waals surface area contributed by atoms with E-state index >= 15 is 0 Å². The van der Waals surface area contributed by atoms with Gasteiger partial charge in [0.05, 0.1) is 17.1 Å². The molecule has 1 aliphatic rings. The highest BCUT2D eigenvalue weighted by Gasteiger charge is 2.26. The topological polar surface area (TPSA) is 91.2 Å². The molecule has 1 aromatic heterocycles. The quantitative estimate of drug-likeness (QED) is 0.498. The van der Waals surface area contributed by atoms with Crippen molar-refractivity contribution in [1.29, 1.82) is 0 Å². The maximum atomic E-state index is 11.5. The van der Waals surface area contributed by atoms with Gasteiger partial charge in [-0.2, -0.15) is 5.10 Å². The molecule has 0 aliphatic carbocycles. The van der Waals surface area contributed by atoms with E-state index in [1.807, 2.05) is 31.6 Å². The van der Waals surface area contributed by atoms with Crippen LogP contribution in [0.25, 0.3) is 0 Å². The zero-order valence-corrected chi connectivity index (χ0v) is 12.1. The Hall–Kier alpha value is -2.54. The molecular weight excluding hydrogens is 270 g/mol. The lowest BCUT2D eigenvalue weighted by atomic mass is 10.1. The van der Waals surface area contributed by atoms with Gasteiger partial charge in [-0.3, -0.25) is 14.7 Å². The molecule has 7 heteroatoms. The number of rotatable bonds is 2. The van der Waals surface area contributed by atoms with Crippen molar-refractivity contribution in [2.75, 3.05) is 10.6 Å². The summed E-state index contributed by atoms with van der Waals surface area (Å²) in [4.78, 5) is 11.5. The second kappa shape index (κ2) is 4.78. The van der Waals surface area contributed by atoms with Crippen LogP contribution in [0.2, 0.25) is 0 Å². The fraction of sp³-hybridized carbons (Fsp3) is 0.286. The van der Waals surface area contributed by atoms with Crippen molar-refractivity contribution in [2.45, 2.75) is 20.0 Å². The number of hydrogen-bond donors (Lipinski definition) is 4. The molecule has 1 atom stereocenters. The molecule has 0 bridgehead atoms. The van der Waals surface area contributed by atoms with Crippen molar-refractivity contribution in [1.82, 2.24) is 15.3 Å². The predicted octanol–water partition coefficient (Wildman–Crippen LogP) is 1.69. The van der Waals surface area contributed by atoms with Gasteiger partial charge in [0.2, 0.25) is 0 Å². The van der Waals surface area contributed by atoms with E-state index in [1.54, 1.807) is 17.6 Å². The summed E-state index contributed by atoms with van der Waals surface area (Å²) in [5.74, 6) is -0.531. The van der Waals surface area contributed by atoms with Gasteiger partial charge >= 0.3 is 0 Å². The van der Waals surface area contributed by atoms with Crippen LogP contribution >= 0.6 is 0 Å². The lowest BCUT2D eigenvalue weighted by molar-refractivity contribution is 0.0706. The highest BCUT2D eigenvalue weighted by Crippen LogP contribution is 2.37. The van der Waals surface area contributed by atoms with E-state index in [0.29, 0.717) is 5.56 Å². The van der Waals surface area contributed by atoms with Crippen LogP contribution in [0.1, 0.15) is 33.5 Å². The number of hydroxylamine groups is 1. The Morgan fingerprint density at radius 2 is 2.05 bits per heavy atom. The number of nitrogens with zero attached hydrogens (tertiary/aromatic N) is 2. The summed E-state index contributed by atoms with van der Waals surface area (Å²) in [6.07, 6.45) is -0.0823. The van der Waals surface area contributed by atoms with Gasteiger partial charge in [-0.1, -0.05) is 0 Å². The van der Waals surface area contributed by atoms with E-state index in [4.69, 9.17) is 5.21 Å². The maximum Gasteiger partial charge on any atom is 0.274 e. The Bertz CT molecular complexity index is 722. The van der Waals surface area contributed by atoms with Gasteiger partial charge in [-0.25, -0.2) is 5.48 Å². The minimum atomic E-state index is -0.531. The SMILES string of the molecule is Cc1nn(C)c(C)c1C1Nc2ccc(C(=O)NO)cc2N1. The Labute approximate surface area is 121 Å². The molecule has 1 aliphatic heterocycles. The van der Waals surface area contributed by atoms with Crippen molar-refractivity contribution in [3.63, 3.8) is 0 Å². The fourth-order valence-electron chi connectivity index (χ4n) is 2.69. The van der Waals surface area contributed by atoms with Crippen LogP contribution < -0.4 is 16.1 Å². The number of benzene rings is 1. The first-order valence-corrected chi connectivity index (χ1v) is 6.63. The lowest BCUT2D eigenvalue weighted by Gasteiger charge is -2.13. The summed E-state index contributed by atoms with van der Waals surface area (Å²) in [5.41, 5.74) is 6.91. The molecule has 0 saturated heterocycles. The van der Waals surface area contributed by atoms with Crippen LogP contribution in [0.3, 0.4) is 0 Å². The highest BCUT2D eigenvalue weighted by atomic mass is 16.5. The van der Waals surface area contributed by atoms with Crippen molar-refractivity contribution >= 4 is 17.3 Å². The average Bonchev–Trinajstić information content (AvgIpc) is 2.98. The molecule has 110 valence electrons. The van der Waals surface area contributed by atoms with Crippen molar-refractivity contribution in [2.24, 2.45) is 7.05 Å². The molecule has 0 fully saturated rings. The van der Waals surface area contributed by atoms with Gasteiger partial charge in [-0.05, 0) is 32.0 Å². The Morgan fingerprint density at radius 3 is 2.67 bits per heavy atom. The van der Waals surface area contributed by atoms with Gasteiger partial charge < -0.3 is 10.6 Å². The molecule has 1 amide bonds. The van der Waals surface area contributed by atoms with Crippen LogP contribution in [0.5, 0.6) is 0 Å². The van der Waals surface area contributed by atoms with Crippen LogP contribution in [0.15, 0.2) is 18.2 Å². The third kappa shape index (κ3) is 2.11. The first kappa shape index (κ1) is 13.4. The van der Waals surface area contributed by atoms with E-state index in [-0.39, 0.29) is 6.17 Å². The number of carbonyl (C=O) groups excluding carboxylic acids is 1. The van der Waals surface area contributed by atoms with Gasteiger partial charge in [0.25, 0.3) is 5.91 Å². The van der Waals surface area contributed by atoms with Gasteiger partial charge in [-0.15, -0.1) is 0 Å². The summed E-state index contributed by atoms with van der Waals surface area (Å²) >= 11 is 0. The van der Waals surface area contributed by atoms with Crippen LogP contribution in [-0.2, 0) is 7.05 Å². The Balaban J connectivity index is 1.92. The Kier molecular flexibility index (Phi) is 3.06. The number of fused-ring (bicyclic) bond motifs is 1. The van der Waals surface area contributed by atoms with E-state index in [0.717, 1.165) is 28.3 Å². The number of carbonyl (C=O) groups is 1. The summed E-state index contributed by atoms with van der Waals surface area (Å²) in [7, 11) is 1.91. The standard InChI is InChI=1S/C14H17N5O2/c1-7-12(8(2)19(3)17-7)13-15-10-5-4-9(14(20)18-21)6-11(10)16-13/h4-6,13,15-16,21H,1-3H3,(H,18,20). The number of nitrogens with one attached hydrogen (secondary N) is 3. The minimum absolute atomic E-state index is 0.0823. The number of aromatic nitrogens is 2. The summed E-state index contributed by atoms with van der Waals surface area (Å²) in [5, 5.41) is 19.8. The van der Waals surface area contributed by atoms with Crippen molar-refractivity contribution in [3.05, 3.63) is 40.7 Å². The Morgan fingerprint density at radius 1 is 1.33 bits per heavy atom. The molecule has 0 radical (unpaired) electrons. The third-order valence-corrected chi connectivity index (χ3v) is 3.84. The van der Waals surface area contributed by atoms with Crippen LogP contribution in [-0.4, -0.2) is 20.9 Å². The van der Waals surface area contributed by atoms with E-state index in [2.05, 4.69) is 15.7 Å². The average molecular weight is 287 g/mol. The van der Waals surface area contributed by atoms with Crippen molar-refractivity contribution in [3.8, 4) is 0 Å². The summed E-state index contributed by atoms with van der Waals surface area (Å²) in [6.45, 7) is 3.99. The third-order valence-electron chi connectivity index (χ3n) is 3.84. The predicted molar refractivity (Wildman–Crippen MR) is 78.4 cm³/mol. The van der Waals surface area contributed by atoms with E-state index < -0.39 is 5.91 Å². The van der Waals surface area contributed by atoms with Crippen molar-refractivity contribution < 1.29 is 10.0 Å². The molecule has 2 aromatic rings. The molecule has 1 unspecified atom stereocenters. The van der Waals surface area contributed by atoms with Crippen LogP contribution in [0, 0.1) is 13.8 Å². The molecule has 3 rings (SSSR count). The number of hydrogen-bond acceptors (Lipinski definition) is 5. The molecule has 7 nitrogen and oxygen atoms in total.